The third kappa shape index (κ3) is 6.40. The van der Waals surface area contributed by atoms with Gasteiger partial charge in [0.05, 0.1) is 18.3 Å². The Bertz CT molecular complexity index is 950. The second kappa shape index (κ2) is 11.5. The number of guanidine groups is 1. The van der Waals surface area contributed by atoms with Crippen molar-refractivity contribution in [3.8, 4) is 17.1 Å². The molecule has 0 aliphatic carbocycles. The molecule has 188 valence electrons. The van der Waals surface area contributed by atoms with Crippen LogP contribution in [0.4, 0.5) is 13.2 Å². The molecule has 4 N–H and O–H groups in total. The van der Waals surface area contributed by atoms with E-state index in [0.717, 1.165) is 25.3 Å². The molecule has 0 bridgehead atoms. The molecule has 1 fully saturated rings. The molecule has 1 saturated heterocycles. The summed E-state index contributed by atoms with van der Waals surface area (Å²) in [5, 5.41) is 21.6. The predicted octanol–water partition coefficient (Wildman–Crippen LogP) is 4.89. The van der Waals surface area contributed by atoms with Crippen LogP contribution in [0.25, 0.3) is 11.4 Å². The van der Waals surface area contributed by atoms with Crippen LogP contribution in [0.1, 0.15) is 75.8 Å². The quantitative estimate of drug-likeness (QED) is 0.236. The third-order valence-electron chi connectivity index (χ3n) is 5.92. The molecule has 11 heteroatoms. The summed E-state index contributed by atoms with van der Waals surface area (Å²) in [5.41, 5.74) is 4.74. The number of aromatic nitrogens is 2. The van der Waals surface area contributed by atoms with Gasteiger partial charge >= 0.3 is 6.18 Å². The first kappa shape index (κ1) is 25.8. The van der Waals surface area contributed by atoms with E-state index in [9.17, 15) is 18.3 Å². The number of hydrogen-bond donors (Lipinski definition) is 3. The molecule has 3 rings (SSSR count). The molecule has 2 atom stereocenters. The summed E-state index contributed by atoms with van der Waals surface area (Å²) in [7, 11) is 0. The Kier molecular flexibility index (Phi) is 8.76. The Morgan fingerprint density at radius 1 is 1.24 bits per heavy atom. The minimum absolute atomic E-state index is 0.0111. The van der Waals surface area contributed by atoms with Crippen LogP contribution in [-0.2, 0) is 6.18 Å². The van der Waals surface area contributed by atoms with Crippen molar-refractivity contribution in [2.75, 3.05) is 13.2 Å². The van der Waals surface area contributed by atoms with Gasteiger partial charge in [0.1, 0.15) is 11.8 Å². The van der Waals surface area contributed by atoms with Crippen LogP contribution >= 0.6 is 0 Å². The summed E-state index contributed by atoms with van der Waals surface area (Å²) >= 11 is 0. The lowest BCUT2D eigenvalue weighted by Gasteiger charge is -2.22. The molecular weight excluding hydrogens is 451 g/mol. The van der Waals surface area contributed by atoms with Crippen molar-refractivity contribution in [3.63, 3.8) is 0 Å². The lowest BCUT2D eigenvalue weighted by molar-refractivity contribution is -0.138. The van der Waals surface area contributed by atoms with Crippen molar-refractivity contribution in [3.05, 3.63) is 29.7 Å². The number of benzene rings is 1. The number of hydrogen-bond acceptors (Lipinski definition) is 6. The minimum Gasteiger partial charge on any atom is -0.493 e. The number of likely N-dealkylation sites (tertiary alicyclic amines) is 1. The summed E-state index contributed by atoms with van der Waals surface area (Å²) in [4.78, 5) is 5.58. The van der Waals surface area contributed by atoms with Crippen LogP contribution in [0.15, 0.2) is 22.7 Å². The highest BCUT2D eigenvalue weighted by Crippen LogP contribution is 2.39. The fourth-order valence-corrected chi connectivity index (χ4v) is 4.07. The summed E-state index contributed by atoms with van der Waals surface area (Å²) in [6, 6.07) is 2.83. The zero-order chi connectivity index (χ0) is 24.7. The molecule has 0 unspecified atom stereocenters. The lowest BCUT2D eigenvalue weighted by atomic mass is 10.1. The molecule has 2 heterocycles. The molecule has 1 aliphatic heterocycles. The number of nitrogens with zero attached hydrogens (tertiary/aromatic N) is 3. The highest BCUT2D eigenvalue weighted by Gasteiger charge is 2.39. The van der Waals surface area contributed by atoms with E-state index in [1.807, 2.05) is 0 Å². The van der Waals surface area contributed by atoms with E-state index in [-0.39, 0.29) is 35.6 Å². The van der Waals surface area contributed by atoms with Crippen molar-refractivity contribution in [2.24, 2.45) is 5.73 Å². The van der Waals surface area contributed by atoms with Gasteiger partial charge in [-0.05, 0) is 31.0 Å². The molecule has 0 radical (unpaired) electrons. The Hall–Kier alpha value is -2.82. The maximum atomic E-state index is 13.7. The SMILES string of the molecule is CCCCCCCCCOc1ccc(-c2noc([C@@H]3[C@@H](O)CCN3C(=N)N)n2)cc1C(F)(F)F. The van der Waals surface area contributed by atoms with Crippen molar-refractivity contribution in [1.29, 1.82) is 5.41 Å². The number of halogens is 3. The molecule has 2 aromatic rings. The standard InChI is InChI=1S/C23H32F3N5O3/c1-2-3-4-5-6-7-8-13-33-18-10-9-15(14-16(18)23(24,25)26)20-29-21(34-30-20)19-17(32)11-12-31(19)22(27)28/h9-10,14,17,19,32H,2-8,11-13H2,1H3,(H3,27,28)/t17-,19-/m0/s1. The van der Waals surface area contributed by atoms with Crippen LogP contribution in [0.5, 0.6) is 5.75 Å². The summed E-state index contributed by atoms with van der Waals surface area (Å²) in [6.45, 7) is 2.70. The Balaban J connectivity index is 1.69. The van der Waals surface area contributed by atoms with Crippen LogP contribution in [0.2, 0.25) is 0 Å². The Labute approximate surface area is 196 Å². The largest absolute Gasteiger partial charge is 0.493 e. The fraction of sp³-hybridized carbons (Fsp3) is 0.609. The summed E-state index contributed by atoms with van der Waals surface area (Å²) < 4.78 is 51.8. The van der Waals surface area contributed by atoms with Crippen molar-refractivity contribution < 1.29 is 27.5 Å². The van der Waals surface area contributed by atoms with Gasteiger partial charge in [0.15, 0.2) is 5.96 Å². The molecule has 0 amide bonds. The van der Waals surface area contributed by atoms with E-state index in [0.29, 0.717) is 19.4 Å². The van der Waals surface area contributed by atoms with Crippen LogP contribution in [0.3, 0.4) is 0 Å². The van der Waals surface area contributed by atoms with Gasteiger partial charge in [0, 0.05) is 12.1 Å². The smallest absolute Gasteiger partial charge is 0.419 e. The predicted molar refractivity (Wildman–Crippen MR) is 120 cm³/mol. The number of nitrogens with two attached hydrogens (primary N) is 1. The highest BCUT2D eigenvalue weighted by atomic mass is 19.4. The number of ether oxygens (including phenoxy) is 1. The van der Waals surface area contributed by atoms with Gasteiger partial charge < -0.3 is 25.0 Å². The number of aliphatic hydroxyl groups excluding tert-OH is 1. The van der Waals surface area contributed by atoms with Gasteiger partial charge in [-0.25, -0.2) is 0 Å². The first-order valence-corrected chi connectivity index (χ1v) is 11.7. The number of aliphatic hydroxyl groups is 1. The second-order valence-corrected chi connectivity index (χ2v) is 8.51. The maximum absolute atomic E-state index is 13.7. The van der Waals surface area contributed by atoms with E-state index in [1.54, 1.807) is 0 Å². The van der Waals surface area contributed by atoms with E-state index < -0.39 is 23.9 Å². The van der Waals surface area contributed by atoms with E-state index in [2.05, 4.69) is 17.1 Å². The van der Waals surface area contributed by atoms with Crippen LogP contribution in [-0.4, -0.2) is 45.4 Å². The fourth-order valence-electron chi connectivity index (χ4n) is 4.07. The summed E-state index contributed by atoms with van der Waals surface area (Å²) in [5.74, 6) is -0.562. The topological polar surface area (TPSA) is 121 Å². The highest BCUT2D eigenvalue weighted by molar-refractivity contribution is 5.75. The molecule has 8 nitrogen and oxygen atoms in total. The summed E-state index contributed by atoms with van der Waals surface area (Å²) in [6.07, 6.45) is 2.19. The second-order valence-electron chi connectivity index (χ2n) is 8.51. The number of alkyl halides is 3. The van der Waals surface area contributed by atoms with E-state index in [4.69, 9.17) is 20.4 Å². The number of nitrogens with one attached hydrogen (secondary N) is 1. The van der Waals surface area contributed by atoms with Gasteiger partial charge in [0.25, 0.3) is 5.89 Å². The van der Waals surface area contributed by atoms with Gasteiger partial charge in [-0.1, -0.05) is 50.6 Å². The normalized spacial score (nSPS) is 18.4. The van der Waals surface area contributed by atoms with E-state index >= 15 is 0 Å². The van der Waals surface area contributed by atoms with Gasteiger partial charge in [-0.15, -0.1) is 0 Å². The zero-order valence-corrected chi connectivity index (χ0v) is 19.3. The van der Waals surface area contributed by atoms with Gasteiger partial charge in [-0.2, -0.15) is 18.2 Å². The number of unbranched alkanes of at least 4 members (excludes halogenated alkanes) is 6. The van der Waals surface area contributed by atoms with Gasteiger partial charge in [-0.3, -0.25) is 5.41 Å². The van der Waals surface area contributed by atoms with Gasteiger partial charge in [0.2, 0.25) is 5.82 Å². The van der Waals surface area contributed by atoms with Crippen molar-refractivity contribution in [1.82, 2.24) is 15.0 Å². The van der Waals surface area contributed by atoms with E-state index in [1.165, 1.54) is 36.3 Å². The molecule has 0 saturated carbocycles. The monoisotopic (exact) mass is 483 g/mol. The average Bonchev–Trinajstić information content (AvgIpc) is 3.41. The van der Waals surface area contributed by atoms with Crippen molar-refractivity contribution in [2.45, 2.75) is 76.6 Å². The maximum Gasteiger partial charge on any atom is 0.419 e. The first-order valence-electron chi connectivity index (χ1n) is 11.7. The molecular formula is C23H32F3N5O3. The molecule has 34 heavy (non-hydrogen) atoms. The van der Waals surface area contributed by atoms with Crippen LogP contribution < -0.4 is 10.5 Å². The average molecular weight is 484 g/mol. The zero-order valence-electron chi connectivity index (χ0n) is 19.3. The molecule has 1 aliphatic rings. The minimum atomic E-state index is -4.62. The third-order valence-corrected chi connectivity index (χ3v) is 5.92. The molecule has 0 spiro atoms. The lowest BCUT2D eigenvalue weighted by Crippen LogP contribution is -2.37. The Morgan fingerprint density at radius 3 is 2.62 bits per heavy atom. The van der Waals surface area contributed by atoms with Crippen molar-refractivity contribution >= 4 is 5.96 Å². The Morgan fingerprint density at radius 2 is 1.94 bits per heavy atom. The number of rotatable bonds is 11. The van der Waals surface area contributed by atoms with Crippen LogP contribution in [0, 0.1) is 5.41 Å². The molecule has 1 aromatic heterocycles. The first-order chi connectivity index (χ1) is 16.2. The molecule has 1 aromatic carbocycles.